The summed E-state index contributed by atoms with van der Waals surface area (Å²) in [5, 5.41) is 0. The predicted octanol–water partition coefficient (Wildman–Crippen LogP) is 2.64. The Kier molecular flexibility index (Phi) is 6.39. The van der Waals surface area contributed by atoms with Crippen LogP contribution in [0.25, 0.3) is 0 Å². The van der Waals surface area contributed by atoms with Crippen LogP contribution in [0.3, 0.4) is 0 Å². The zero-order chi connectivity index (χ0) is 12.0. The molecule has 0 radical (unpaired) electrons. The van der Waals surface area contributed by atoms with Crippen LogP contribution in [-0.4, -0.2) is 27.7 Å². The minimum atomic E-state index is -0.730. The van der Waals surface area contributed by atoms with E-state index in [1.807, 2.05) is 6.92 Å². The van der Waals surface area contributed by atoms with Gasteiger partial charge in [-0.3, -0.25) is 0 Å². The summed E-state index contributed by atoms with van der Waals surface area (Å²) in [5.41, 5.74) is 8.61. The molecular weight excluding hydrogens is 305 g/mol. The first kappa shape index (κ1) is 14.0. The molecule has 0 bridgehead atoms. The van der Waals surface area contributed by atoms with Crippen LogP contribution in [0, 0.1) is 0 Å². The van der Waals surface area contributed by atoms with Crippen LogP contribution < -0.4 is 5.73 Å². The average molecular weight is 326 g/mol. The SMILES string of the molecule is CCC(C)[O][Sn+2][CH2]c1ccccc1C(C)N. The second-order valence-corrected chi connectivity index (χ2v) is 6.65. The summed E-state index contributed by atoms with van der Waals surface area (Å²) in [6.07, 6.45) is 1.53. The fraction of sp³-hybridized carbons (Fsp3) is 0.538. The topological polar surface area (TPSA) is 35.2 Å². The van der Waals surface area contributed by atoms with E-state index in [1.165, 1.54) is 11.1 Å². The van der Waals surface area contributed by atoms with Crippen molar-refractivity contribution in [2.24, 2.45) is 5.73 Å². The molecule has 0 saturated carbocycles. The molecule has 0 fully saturated rings. The quantitative estimate of drug-likeness (QED) is 0.816. The molecule has 3 heteroatoms. The maximum absolute atomic E-state index is 5.95. The van der Waals surface area contributed by atoms with Gasteiger partial charge in [0.15, 0.2) is 0 Å². The molecule has 0 amide bonds. The van der Waals surface area contributed by atoms with Crippen molar-refractivity contribution in [1.82, 2.24) is 0 Å². The summed E-state index contributed by atoms with van der Waals surface area (Å²) in [6, 6.07) is 8.58. The zero-order valence-electron chi connectivity index (χ0n) is 10.4. The van der Waals surface area contributed by atoms with E-state index >= 15 is 0 Å². The van der Waals surface area contributed by atoms with Crippen molar-refractivity contribution >= 4 is 21.6 Å². The molecule has 0 aliphatic heterocycles. The Labute approximate surface area is 109 Å². The van der Waals surface area contributed by atoms with E-state index in [2.05, 4.69) is 38.1 Å². The molecule has 1 rings (SSSR count). The number of nitrogens with two attached hydrogens (primary N) is 1. The van der Waals surface area contributed by atoms with Crippen LogP contribution >= 0.6 is 0 Å². The third kappa shape index (κ3) is 4.43. The van der Waals surface area contributed by atoms with Crippen molar-refractivity contribution in [3.63, 3.8) is 0 Å². The fourth-order valence-electron chi connectivity index (χ4n) is 1.48. The predicted molar refractivity (Wildman–Crippen MR) is 69.3 cm³/mol. The van der Waals surface area contributed by atoms with Crippen LogP contribution in [-0.2, 0) is 7.51 Å². The molecule has 0 aliphatic rings. The van der Waals surface area contributed by atoms with E-state index in [-0.39, 0.29) is 6.04 Å². The van der Waals surface area contributed by atoms with Crippen molar-refractivity contribution < 1.29 is 3.07 Å². The van der Waals surface area contributed by atoms with Gasteiger partial charge in [-0.05, 0) is 0 Å². The van der Waals surface area contributed by atoms with E-state index in [0.717, 1.165) is 10.9 Å². The first-order chi connectivity index (χ1) is 7.65. The Morgan fingerprint density at radius 3 is 2.62 bits per heavy atom. The Balaban J connectivity index is 2.53. The number of hydrogen-bond donors (Lipinski definition) is 1. The van der Waals surface area contributed by atoms with Crippen LogP contribution in [0.4, 0.5) is 0 Å². The molecule has 0 spiro atoms. The normalized spacial score (nSPS) is 14.2. The standard InChI is InChI=1S/C9H12N.C4H9O.Sn/c1-7-5-3-4-6-9(7)8(2)10;1-3-4(2)5;/h3-6,8H,1,10H2,2H3;4H,3H2,1-2H3;/q;-1;+3. The van der Waals surface area contributed by atoms with Crippen molar-refractivity contribution in [2.75, 3.05) is 0 Å². The average Bonchev–Trinajstić information content (AvgIpc) is 2.29. The van der Waals surface area contributed by atoms with Gasteiger partial charge < -0.3 is 0 Å². The summed E-state index contributed by atoms with van der Waals surface area (Å²) >= 11 is -0.730. The van der Waals surface area contributed by atoms with Crippen LogP contribution in [0.15, 0.2) is 24.3 Å². The van der Waals surface area contributed by atoms with Gasteiger partial charge in [0.25, 0.3) is 0 Å². The van der Waals surface area contributed by atoms with Gasteiger partial charge in [0, 0.05) is 0 Å². The molecular formula is C13H21NOSn+2. The van der Waals surface area contributed by atoms with Crippen molar-refractivity contribution in [2.45, 2.75) is 43.8 Å². The Morgan fingerprint density at radius 1 is 1.31 bits per heavy atom. The van der Waals surface area contributed by atoms with Crippen molar-refractivity contribution in [3.8, 4) is 0 Å². The van der Waals surface area contributed by atoms with E-state index in [9.17, 15) is 0 Å². The Bertz CT molecular complexity index is 315. The number of hydrogen-bond acceptors (Lipinski definition) is 2. The van der Waals surface area contributed by atoms with E-state index in [0.29, 0.717) is 6.10 Å². The summed E-state index contributed by atoms with van der Waals surface area (Å²) < 4.78 is 6.98. The van der Waals surface area contributed by atoms with E-state index in [1.54, 1.807) is 0 Å². The molecule has 2 unspecified atom stereocenters. The third-order valence-electron chi connectivity index (χ3n) is 2.67. The van der Waals surface area contributed by atoms with Crippen LogP contribution in [0.2, 0.25) is 0 Å². The van der Waals surface area contributed by atoms with Gasteiger partial charge >= 0.3 is 110 Å². The van der Waals surface area contributed by atoms with Gasteiger partial charge in [-0.2, -0.15) is 0 Å². The van der Waals surface area contributed by atoms with Gasteiger partial charge in [-0.25, -0.2) is 0 Å². The van der Waals surface area contributed by atoms with Crippen molar-refractivity contribution in [3.05, 3.63) is 35.4 Å². The van der Waals surface area contributed by atoms with Gasteiger partial charge in [-0.1, -0.05) is 0 Å². The fourth-order valence-corrected chi connectivity index (χ4v) is 4.37. The second-order valence-electron chi connectivity index (χ2n) is 4.15. The summed E-state index contributed by atoms with van der Waals surface area (Å²) in [5.74, 6) is 0. The molecule has 0 heterocycles. The molecule has 0 saturated heterocycles. The summed E-state index contributed by atoms with van der Waals surface area (Å²) in [7, 11) is 0. The Morgan fingerprint density at radius 2 is 2.00 bits per heavy atom. The summed E-state index contributed by atoms with van der Waals surface area (Å²) in [6.45, 7) is 6.36. The molecule has 2 N–H and O–H groups in total. The molecule has 1 aromatic carbocycles. The molecule has 2 nitrogen and oxygen atoms in total. The number of rotatable bonds is 6. The monoisotopic (exact) mass is 327 g/mol. The number of benzene rings is 1. The van der Waals surface area contributed by atoms with Gasteiger partial charge in [0.2, 0.25) is 0 Å². The molecule has 0 aliphatic carbocycles. The first-order valence-electron chi connectivity index (χ1n) is 5.87. The van der Waals surface area contributed by atoms with Gasteiger partial charge in [0.1, 0.15) is 0 Å². The molecule has 86 valence electrons. The first-order valence-corrected chi connectivity index (χ1v) is 9.05. The van der Waals surface area contributed by atoms with Crippen LogP contribution in [0.1, 0.15) is 44.4 Å². The molecule has 1 aromatic rings. The van der Waals surface area contributed by atoms with E-state index in [4.69, 9.17) is 8.81 Å². The van der Waals surface area contributed by atoms with Crippen LogP contribution in [0.5, 0.6) is 0 Å². The van der Waals surface area contributed by atoms with Crippen molar-refractivity contribution in [1.29, 1.82) is 0 Å². The zero-order valence-corrected chi connectivity index (χ0v) is 13.2. The van der Waals surface area contributed by atoms with Gasteiger partial charge in [0.05, 0.1) is 0 Å². The maximum atomic E-state index is 5.95. The molecule has 0 aromatic heterocycles. The second kappa shape index (κ2) is 7.30. The molecule has 16 heavy (non-hydrogen) atoms. The Hall–Kier alpha value is -0.0613. The third-order valence-corrected chi connectivity index (χ3v) is 5.79. The molecule has 2 atom stereocenters. The summed E-state index contributed by atoms with van der Waals surface area (Å²) in [4.78, 5) is 0. The van der Waals surface area contributed by atoms with E-state index < -0.39 is 21.6 Å². The van der Waals surface area contributed by atoms with Gasteiger partial charge in [-0.15, -0.1) is 0 Å². The minimum absolute atomic E-state index is 0.124.